The van der Waals surface area contributed by atoms with E-state index < -0.39 is 42.5 Å². The number of piperidine rings is 1. The van der Waals surface area contributed by atoms with E-state index in [4.69, 9.17) is 9.31 Å². The molecule has 0 unspecified atom stereocenters. The van der Waals surface area contributed by atoms with E-state index in [1.54, 1.807) is 24.0 Å². The fraction of sp³-hybridized carbons (Fsp3) is 0.552. The first kappa shape index (κ1) is 30.3. The van der Waals surface area contributed by atoms with Crippen LogP contribution in [0.25, 0.3) is 11.0 Å². The van der Waals surface area contributed by atoms with Crippen LogP contribution in [0, 0.1) is 5.92 Å². The van der Waals surface area contributed by atoms with Crippen molar-refractivity contribution in [2.45, 2.75) is 77.9 Å². The van der Waals surface area contributed by atoms with Crippen molar-refractivity contribution in [1.82, 2.24) is 19.0 Å². The Hall–Kier alpha value is -3.16. The lowest BCUT2D eigenvalue weighted by Crippen LogP contribution is -2.41. The smallest absolute Gasteiger partial charge is 0.399 e. The molecule has 0 aliphatic carbocycles. The quantitative estimate of drug-likeness (QED) is 0.438. The molecule has 0 radical (unpaired) electrons. The molecule has 13 heteroatoms. The first-order valence-electron chi connectivity index (χ1n) is 14.2. The van der Waals surface area contributed by atoms with E-state index >= 15 is 0 Å². The minimum atomic E-state index is -4.63. The van der Waals surface area contributed by atoms with Crippen LogP contribution in [0.15, 0.2) is 35.5 Å². The number of carbonyl (C=O) groups is 1. The monoisotopic (exact) mass is 587 g/mol. The predicted octanol–water partition coefficient (Wildman–Crippen LogP) is 4.08. The van der Waals surface area contributed by atoms with Crippen LogP contribution >= 0.6 is 0 Å². The molecule has 2 saturated heterocycles. The number of carbonyl (C=O) groups excluding carboxylic acids is 1. The third-order valence-electron chi connectivity index (χ3n) is 8.51. The molecule has 5 rings (SSSR count). The Morgan fingerprint density at radius 3 is 2.50 bits per heavy atom. The average Bonchev–Trinajstić information content (AvgIpc) is 3.35. The lowest BCUT2D eigenvalue weighted by atomic mass is 9.78. The molecule has 0 spiro atoms. The lowest BCUT2D eigenvalue weighted by Gasteiger charge is -2.32. The van der Waals surface area contributed by atoms with E-state index in [0.29, 0.717) is 44.8 Å². The largest absolute Gasteiger partial charge is 0.494 e. The summed E-state index contributed by atoms with van der Waals surface area (Å²) in [6.45, 7) is 10.3. The average molecular weight is 587 g/mol. The Morgan fingerprint density at radius 2 is 1.86 bits per heavy atom. The van der Waals surface area contributed by atoms with Gasteiger partial charge in [-0.25, -0.2) is 4.98 Å². The molecule has 2 aromatic heterocycles. The summed E-state index contributed by atoms with van der Waals surface area (Å²) in [6.07, 6.45) is 0.236. The van der Waals surface area contributed by atoms with Gasteiger partial charge in [-0.15, -0.1) is 0 Å². The molecule has 226 valence electrons. The van der Waals surface area contributed by atoms with Crippen molar-refractivity contribution in [1.29, 1.82) is 0 Å². The Bertz CT molecular complexity index is 1550. The molecule has 2 fully saturated rings. The normalized spacial score (nSPS) is 20.8. The van der Waals surface area contributed by atoms with Crippen molar-refractivity contribution in [3.63, 3.8) is 0 Å². The van der Waals surface area contributed by atoms with Gasteiger partial charge in [0.25, 0.3) is 11.5 Å². The maximum atomic E-state index is 13.6. The van der Waals surface area contributed by atoms with Gasteiger partial charge in [-0.3, -0.25) is 14.5 Å². The number of rotatable bonds is 6. The molecule has 1 atom stereocenters. The number of pyridine rings is 1. The fourth-order valence-electron chi connectivity index (χ4n) is 5.60. The molecule has 0 bridgehead atoms. The van der Waals surface area contributed by atoms with Gasteiger partial charge in [0.05, 0.1) is 28.7 Å². The third kappa shape index (κ3) is 6.13. The van der Waals surface area contributed by atoms with Gasteiger partial charge in [-0.2, -0.15) is 13.2 Å². The second kappa shape index (κ2) is 10.8. The van der Waals surface area contributed by atoms with Gasteiger partial charge in [-0.05, 0) is 82.2 Å². The van der Waals surface area contributed by atoms with Crippen LogP contribution in [0.4, 0.5) is 18.9 Å². The number of halogens is 3. The number of aryl methyl sites for hydroxylation is 1. The van der Waals surface area contributed by atoms with E-state index in [9.17, 15) is 22.8 Å². The van der Waals surface area contributed by atoms with Crippen molar-refractivity contribution in [3.05, 3.63) is 52.2 Å². The zero-order valence-electron chi connectivity index (χ0n) is 24.8. The summed E-state index contributed by atoms with van der Waals surface area (Å²) in [6, 6.07) is 4.93. The molecule has 42 heavy (non-hydrogen) atoms. The summed E-state index contributed by atoms with van der Waals surface area (Å²) in [5.41, 5.74) is -0.0569. The number of anilines is 1. The van der Waals surface area contributed by atoms with Gasteiger partial charge in [0, 0.05) is 26.3 Å². The van der Waals surface area contributed by atoms with Crippen LogP contribution in [0.2, 0.25) is 0 Å². The number of nitrogens with one attached hydrogen (secondary N) is 1. The molecular weight excluding hydrogens is 550 g/mol. The maximum Gasteiger partial charge on any atom is 0.494 e. The molecule has 0 saturated carbocycles. The summed E-state index contributed by atoms with van der Waals surface area (Å²) in [4.78, 5) is 33.4. The highest BCUT2D eigenvalue weighted by atomic mass is 19.4. The van der Waals surface area contributed by atoms with Gasteiger partial charge in [0.15, 0.2) is 0 Å². The van der Waals surface area contributed by atoms with Crippen molar-refractivity contribution < 1.29 is 27.3 Å². The Labute approximate surface area is 243 Å². The number of nitrogens with zero attached hydrogens (tertiary/aromatic N) is 4. The highest BCUT2D eigenvalue weighted by Crippen LogP contribution is 2.37. The Balaban J connectivity index is 1.51. The third-order valence-corrected chi connectivity index (χ3v) is 8.51. The van der Waals surface area contributed by atoms with Crippen LogP contribution in [0.1, 0.15) is 63.4 Å². The van der Waals surface area contributed by atoms with E-state index in [2.05, 4.69) is 22.1 Å². The number of imidazole rings is 1. The predicted molar refractivity (Wildman–Crippen MR) is 155 cm³/mol. The summed E-state index contributed by atoms with van der Waals surface area (Å²) < 4.78 is 55.0. The van der Waals surface area contributed by atoms with Gasteiger partial charge in [-0.1, -0.05) is 6.92 Å². The number of likely N-dealkylation sites (tertiary alicyclic amines) is 1. The van der Waals surface area contributed by atoms with Gasteiger partial charge < -0.3 is 23.8 Å². The number of aromatic nitrogens is 3. The SMILES string of the molecule is C[C@H]1CCCN(Cc2cc(C(=O)Nc3cc(B4OC(C)(C)C(C)(C)O4)cc4c3ncn4C)c(=O)n(CC(F)(F)F)c2)C1. The van der Waals surface area contributed by atoms with Crippen LogP contribution in [0.5, 0.6) is 0 Å². The van der Waals surface area contributed by atoms with Crippen LogP contribution in [0.3, 0.4) is 0 Å². The first-order chi connectivity index (χ1) is 19.5. The van der Waals surface area contributed by atoms with Crippen LogP contribution in [-0.4, -0.2) is 62.5 Å². The number of fused-ring (bicyclic) bond motifs is 1. The van der Waals surface area contributed by atoms with Crippen molar-refractivity contribution in [2.75, 3.05) is 18.4 Å². The number of hydrogen-bond donors (Lipinski definition) is 1. The molecule has 3 aromatic rings. The minimum Gasteiger partial charge on any atom is -0.399 e. The molecular formula is C29H37BF3N5O4. The van der Waals surface area contributed by atoms with Crippen LogP contribution < -0.4 is 16.3 Å². The molecule has 4 heterocycles. The van der Waals surface area contributed by atoms with Gasteiger partial charge in [0.2, 0.25) is 0 Å². The van der Waals surface area contributed by atoms with Crippen molar-refractivity contribution in [2.24, 2.45) is 13.0 Å². The number of amides is 1. The lowest BCUT2D eigenvalue weighted by molar-refractivity contribution is -0.141. The summed E-state index contributed by atoms with van der Waals surface area (Å²) in [5, 5.41) is 2.75. The second-order valence-corrected chi connectivity index (χ2v) is 12.6. The molecule has 2 aliphatic rings. The van der Waals surface area contributed by atoms with E-state index in [1.807, 2.05) is 33.8 Å². The number of alkyl halides is 3. The van der Waals surface area contributed by atoms with Gasteiger partial charge >= 0.3 is 13.3 Å². The van der Waals surface area contributed by atoms with E-state index in [-0.39, 0.29) is 5.56 Å². The van der Waals surface area contributed by atoms with Crippen molar-refractivity contribution in [3.8, 4) is 0 Å². The highest BCUT2D eigenvalue weighted by Gasteiger charge is 2.52. The standard InChI is InChI=1S/C29H37BF3N5O4/c1-18-8-7-9-37(13-18)14-19-10-21(26(40)38(15-19)16-29(31,32)33)25(39)35-22-11-20(12-23-24(22)34-17-36(23)6)30-41-27(2,3)28(4,5)42-30/h10-12,15,17-18H,7-9,13-14,16H2,1-6H3,(H,35,39)/t18-/m0/s1. The zero-order valence-corrected chi connectivity index (χ0v) is 24.8. The first-order valence-corrected chi connectivity index (χ1v) is 14.2. The second-order valence-electron chi connectivity index (χ2n) is 12.6. The zero-order chi connectivity index (χ0) is 30.6. The van der Waals surface area contributed by atoms with Gasteiger partial charge in [0.1, 0.15) is 17.6 Å². The summed E-state index contributed by atoms with van der Waals surface area (Å²) >= 11 is 0. The molecule has 1 amide bonds. The summed E-state index contributed by atoms with van der Waals surface area (Å²) in [7, 11) is 1.07. The Morgan fingerprint density at radius 1 is 1.17 bits per heavy atom. The number of hydrogen-bond acceptors (Lipinski definition) is 6. The minimum absolute atomic E-state index is 0.292. The van der Waals surface area contributed by atoms with Crippen LogP contribution in [-0.2, 0) is 29.4 Å². The highest BCUT2D eigenvalue weighted by molar-refractivity contribution is 6.62. The fourth-order valence-corrected chi connectivity index (χ4v) is 5.60. The summed E-state index contributed by atoms with van der Waals surface area (Å²) in [5.74, 6) is -0.359. The number of benzene rings is 1. The molecule has 1 N–H and O–H groups in total. The van der Waals surface area contributed by atoms with E-state index in [1.165, 1.54) is 12.3 Å². The molecule has 1 aromatic carbocycles. The topological polar surface area (TPSA) is 90.6 Å². The molecule has 2 aliphatic heterocycles. The molecule has 9 nitrogen and oxygen atoms in total. The van der Waals surface area contributed by atoms with Crippen molar-refractivity contribution >= 4 is 35.2 Å². The van der Waals surface area contributed by atoms with E-state index in [0.717, 1.165) is 25.9 Å². The maximum absolute atomic E-state index is 13.6. The Kier molecular flexibility index (Phi) is 7.82.